The van der Waals surface area contributed by atoms with Crippen molar-refractivity contribution in [2.24, 2.45) is 0 Å². The summed E-state index contributed by atoms with van der Waals surface area (Å²) in [6.07, 6.45) is 2.40. The average Bonchev–Trinajstić information content (AvgIpc) is 4.02. The summed E-state index contributed by atoms with van der Waals surface area (Å²) >= 11 is 1.95. The number of nitrogens with zero attached hydrogens (tertiary/aromatic N) is 1. The predicted octanol–water partition coefficient (Wildman–Crippen LogP) is 16.1. The molecule has 2 aliphatic carbocycles. The lowest BCUT2D eigenvalue weighted by Gasteiger charge is -2.41. The van der Waals surface area contributed by atoms with E-state index in [4.69, 9.17) is 4.42 Å². The Bertz CT molecular complexity index is 4030. The molecule has 4 heterocycles. The first-order chi connectivity index (χ1) is 32.5. The van der Waals surface area contributed by atoms with E-state index in [1.165, 1.54) is 122 Å². The van der Waals surface area contributed by atoms with E-state index >= 15 is 0 Å². The number of furan rings is 1. The van der Waals surface area contributed by atoms with Crippen LogP contribution in [0.25, 0.3) is 91.9 Å². The van der Waals surface area contributed by atoms with E-state index in [0.29, 0.717) is 0 Å². The zero-order valence-electron chi connectivity index (χ0n) is 40.6. The van der Waals surface area contributed by atoms with Crippen molar-refractivity contribution in [2.45, 2.75) is 96.8 Å². The standard InChI is InChI=1S/C63H55BN2OS/c1-60(2,3)34-18-20-35(21-19-34)65-51-33-57-44(45-27-48-49(32-56(45)68-57)62(6,7)25-24-61(48,4)5)26-41(51)38-22-23-39-42-30-55-43(37-15-11-13-17-54(37)67-55)29-52(42)66-53-28-40-36-14-10-12-16-46(36)63(8,9)47(40)31-50(53)64-58(38)59(39)66/h10-23,26-33,64-65H,24-25H2,1-9H3. The molecule has 0 unspecified atom stereocenters. The van der Waals surface area contributed by atoms with Crippen molar-refractivity contribution >= 4 is 105 Å². The fourth-order valence-corrected chi connectivity index (χ4v) is 14.0. The number of hydrogen-bond acceptors (Lipinski definition) is 3. The van der Waals surface area contributed by atoms with Crippen molar-refractivity contribution in [3.63, 3.8) is 0 Å². The smallest absolute Gasteiger partial charge is 0.198 e. The van der Waals surface area contributed by atoms with Crippen LogP contribution in [0, 0.1) is 0 Å². The maximum atomic E-state index is 6.59. The molecule has 3 nitrogen and oxygen atoms in total. The summed E-state index contributed by atoms with van der Waals surface area (Å²) in [4.78, 5) is 0. The van der Waals surface area contributed by atoms with Gasteiger partial charge >= 0.3 is 0 Å². The molecule has 3 aliphatic rings. The molecule has 0 saturated carbocycles. The summed E-state index contributed by atoms with van der Waals surface area (Å²) in [6.45, 7) is 21.5. The first kappa shape index (κ1) is 40.5. The zero-order chi connectivity index (χ0) is 46.4. The van der Waals surface area contributed by atoms with Crippen LogP contribution in [0.1, 0.15) is 103 Å². The highest BCUT2D eigenvalue weighted by Gasteiger charge is 2.39. The Labute approximate surface area is 403 Å². The maximum absolute atomic E-state index is 6.59. The van der Waals surface area contributed by atoms with E-state index < -0.39 is 0 Å². The molecule has 0 spiro atoms. The number of anilines is 2. The van der Waals surface area contributed by atoms with E-state index in [1.807, 2.05) is 11.3 Å². The van der Waals surface area contributed by atoms with E-state index in [1.54, 1.807) is 0 Å². The lowest BCUT2D eigenvalue weighted by atomic mass is 9.58. The van der Waals surface area contributed by atoms with Crippen LogP contribution in [0.3, 0.4) is 0 Å². The SMILES string of the molecule is CC(C)(C)c1ccc(Nc2cc3sc4cc5c(cc4c3cc2-c2ccc3c4cc6oc7ccccc7c6cc4n4c3c2Bc2cc3c(cc2-4)-c2ccccc2C3(C)C)C(C)(C)CCC5(C)C)cc1. The summed E-state index contributed by atoms with van der Waals surface area (Å²) in [5.41, 5.74) is 23.2. The van der Waals surface area contributed by atoms with Gasteiger partial charge in [-0.1, -0.05) is 141 Å². The van der Waals surface area contributed by atoms with Crippen molar-refractivity contribution in [3.8, 4) is 27.9 Å². The van der Waals surface area contributed by atoms with Gasteiger partial charge in [0.05, 0.1) is 5.52 Å². The highest BCUT2D eigenvalue weighted by atomic mass is 32.1. The number of para-hydroxylation sites is 1. The second-order valence-corrected chi connectivity index (χ2v) is 24.4. The highest BCUT2D eigenvalue weighted by Crippen LogP contribution is 2.52. The lowest BCUT2D eigenvalue weighted by molar-refractivity contribution is 0.332. The van der Waals surface area contributed by atoms with Gasteiger partial charge in [0.15, 0.2) is 7.28 Å². The van der Waals surface area contributed by atoms with Crippen molar-refractivity contribution in [1.29, 1.82) is 0 Å². The maximum Gasteiger partial charge on any atom is 0.198 e. The molecular weight excluding hydrogens is 844 g/mol. The third-order valence-corrected chi connectivity index (χ3v) is 17.9. The number of benzene rings is 8. The Morgan fingerprint density at radius 1 is 0.559 bits per heavy atom. The fourth-order valence-electron chi connectivity index (χ4n) is 12.8. The second-order valence-electron chi connectivity index (χ2n) is 23.3. The first-order valence-electron chi connectivity index (χ1n) is 24.7. The molecule has 0 amide bonds. The summed E-state index contributed by atoms with van der Waals surface area (Å²) in [6, 6.07) is 51.4. The molecule has 5 heteroatoms. The van der Waals surface area contributed by atoms with Gasteiger partial charge in [0.2, 0.25) is 0 Å². The molecule has 1 aliphatic heterocycles. The molecule has 11 aromatic rings. The quantitative estimate of drug-likeness (QED) is 0.179. The molecule has 14 rings (SSSR count). The molecule has 0 bridgehead atoms. The van der Waals surface area contributed by atoms with Gasteiger partial charge in [-0.3, -0.25) is 0 Å². The number of fused-ring (bicyclic) bond motifs is 15. The Hall–Kier alpha value is -6.56. The number of aromatic nitrogens is 1. The Morgan fingerprint density at radius 2 is 1.28 bits per heavy atom. The van der Waals surface area contributed by atoms with Gasteiger partial charge in [-0.2, -0.15) is 0 Å². The Balaban J connectivity index is 1.06. The third-order valence-electron chi connectivity index (χ3n) is 16.8. The minimum atomic E-state index is -0.107. The largest absolute Gasteiger partial charge is 0.456 e. The third kappa shape index (κ3) is 5.54. The van der Waals surface area contributed by atoms with Crippen molar-refractivity contribution in [3.05, 3.63) is 161 Å². The van der Waals surface area contributed by atoms with Crippen molar-refractivity contribution in [1.82, 2.24) is 4.57 Å². The van der Waals surface area contributed by atoms with Gasteiger partial charge in [-0.25, -0.2) is 0 Å². The van der Waals surface area contributed by atoms with Crippen LogP contribution in [0.4, 0.5) is 11.4 Å². The Morgan fingerprint density at radius 3 is 2.07 bits per heavy atom. The summed E-state index contributed by atoms with van der Waals surface area (Å²) < 4.78 is 11.9. The van der Waals surface area contributed by atoms with E-state index in [9.17, 15) is 0 Å². The average molecular weight is 899 g/mol. The fraction of sp³-hybridized carbons (Fsp3) is 0.238. The van der Waals surface area contributed by atoms with E-state index in [0.717, 1.165) is 40.6 Å². The minimum absolute atomic E-state index is 0.0720. The number of thiophene rings is 1. The van der Waals surface area contributed by atoms with Gasteiger partial charge in [0.1, 0.15) is 11.2 Å². The van der Waals surface area contributed by atoms with Crippen LogP contribution in [-0.4, -0.2) is 11.8 Å². The minimum Gasteiger partial charge on any atom is -0.456 e. The summed E-state index contributed by atoms with van der Waals surface area (Å²) in [5, 5.41) is 11.5. The van der Waals surface area contributed by atoms with Crippen LogP contribution in [0.5, 0.6) is 0 Å². The normalized spacial score (nSPS) is 16.4. The van der Waals surface area contributed by atoms with Gasteiger partial charge in [0.25, 0.3) is 0 Å². The summed E-state index contributed by atoms with van der Waals surface area (Å²) in [7, 11) is 0.829. The second kappa shape index (κ2) is 13.4. The lowest BCUT2D eigenvalue weighted by Crippen LogP contribution is -2.38. The van der Waals surface area contributed by atoms with Crippen LogP contribution in [0.15, 0.2) is 138 Å². The predicted molar refractivity (Wildman–Crippen MR) is 294 cm³/mol. The molecule has 3 aromatic heterocycles. The van der Waals surface area contributed by atoms with Crippen LogP contribution in [0.2, 0.25) is 0 Å². The zero-order valence-corrected chi connectivity index (χ0v) is 41.4. The van der Waals surface area contributed by atoms with Crippen LogP contribution in [-0.2, 0) is 21.7 Å². The Kier molecular flexibility index (Phi) is 7.96. The molecule has 68 heavy (non-hydrogen) atoms. The van der Waals surface area contributed by atoms with Crippen molar-refractivity contribution < 1.29 is 4.42 Å². The van der Waals surface area contributed by atoms with Gasteiger partial charge < -0.3 is 14.3 Å². The molecule has 0 atom stereocenters. The van der Waals surface area contributed by atoms with Gasteiger partial charge in [0, 0.05) is 75.3 Å². The highest BCUT2D eigenvalue weighted by molar-refractivity contribution is 7.25. The van der Waals surface area contributed by atoms with Gasteiger partial charge in [-0.15, -0.1) is 11.3 Å². The van der Waals surface area contributed by atoms with Crippen molar-refractivity contribution in [2.75, 3.05) is 5.32 Å². The molecule has 0 fully saturated rings. The molecule has 332 valence electrons. The number of rotatable bonds is 3. The molecule has 0 saturated heterocycles. The summed E-state index contributed by atoms with van der Waals surface area (Å²) in [5.74, 6) is 0. The van der Waals surface area contributed by atoms with Gasteiger partial charge in [-0.05, 0) is 140 Å². The number of hydrogen-bond donors (Lipinski definition) is 1. The van der Waals surface area contributed by atoms with Crippen LogP contribution < -0.4 is 16.2 Å². The monoisotopic (exact) mass is 898 g/mol. The van der Waals surface area contributed by atoms with E-state index in [-0.39, 0.29) is 21.7 Å². The molecular formula is C63H55BN2OS. The van der Waals surface area contributed by atoms with Crippen LogP contribution >= 0.6 is 11.3 Å². The topological polar surface area (TPSA) is 30.1 Å². The number of nitrogens with one attached hydrogen (secondary N) is 1. The molecule has 8 aromatic carbocycles. The van der Waals surface area contributed by atoms with E-state index in [2.05, 4.69) is 206 Å². The first-order valence-corrected chi connectivity index (χ1v) is 25.5. The molecule has 0 radical (unpaired) electrons. The molecule has 1 N–H and O–H groups in total.